The van der Waals surface area contributed by atoms with Crippen molar-refractivity contribution in [3.63, 3.8) is 0 Å². The molecule has 0 aliphatic carbocycles. The Bertz CT molecular complexity index is 617. The molecular weight excluding hydrogens is 289 g/mol. The van der Waals surface area contributed by atoms with Crippen molar-refractivity contribution in [1.82, 2.24) is 10.3 Å². The van der Waals surface area contributed by atoms with Crippen LogP contribution in [0.3, 0.4) is 0 Å². The van der Waals surface area contributed by atoms with Gasteiger partial charge in [-0.25, -0.2) is 31.8 Å². The van der Waals surface area contributed by atoms with Crippen LogP contribution in [0.4, 0.5) is 26.7 Å². The highest BCUT2D eigenvalue weighted by molar-refractivity contribution is 6.02. The lowest BCUT2D eigenvalue weighted by Crippen LogP contribution is -2.24. The van der Waals surface area contributed by atoms with Crippen LogP contribution >= 0.6 is 0 Å². The third-order valence-corrected chi connectivity index (χ3v) is 2.34. The number of rotatable bonds is 2. The number of hydrazone groups is 1. The number of carbonyl (C=O) groups is 2. The topological polar surface area (TPSA) is 61.8 Å². The molecule has 106 valence electrons. The SMILES string of the molecule is O=C1CN(/N=C/c2c(F)c(F)c(F)c(F)c2F)C(=O)N1. The summed E-state index contributed by atoms with van der Waals surface area (Å²) in [6, 6.07) is -0.977. The Kier molecular flexibility index (Phi) is 3.38. The Morgan fingerprint density at radius 3 is 1.90 bits per heavy atom. The highest BCUT2D eigenvalue weighted by Crippen LogP contribution is 2.21. The predicted octanol–water partition coefficient (Wildman–Crippen LogP) is 1.27. The molecule has 20 heavy (non-hydrogen) atoms. The van der Waals surface area contributed by atoms with Gasteiger partial charge in [-0.3, -0.25) is 10.1 Å². The molecule has 0 unspecified atom stereocenters. The lowest BCUT2D eigenvalue weighted by atomic mass is 10.2. The molecule has 5 nitrogen and oxygen atoms in total. The van der Waals surface area contributed by atoms with Gasteiger partial charge in [0.1, 0.15) is 6.54 Å². The molecule has 1 aliphatic heterocycles. The Morgan fingerprint density at radius 2 is 1.45 bits per heavy atom. The van der Waals surface area contributed by atoms with Crippen LogP contribution in [-0.4, -0.2) is 29.7 Å². The second-order valence-corrected chi connectivity index (χ2v) is 3.64. The number of benzene rings is 1. The van der Waals surface area contributed by atoms with Crippen LogP contribution in [0.1, 0.15) is 5.56 Å². The highest BCUT2D eigenvalue weighted by Gasteiger charge is 2.28. The Hall–Kier alpha value is -2.52. The van der Waals surface area contributed by atoms with E-state index in [4.69, 9.17) is 0 Å². The van der Waals surface area contributed by atoms with Crippen LogP contribution in [0.25, 0.3) is 0 Å². The molecule has 1 saturated heterocycles. The molecule has 0 spiro atoms. The van der Waals surface area contributed by atoms with E-state index >= 15 is 0 Å². The van der Waals surface area contributed by atoms with E-state index in [1.807, 2.05) is 0 Å². The van der Waals surface area contributed by atoms with Gasteiger partial charge in [-0.05, 0) is 0 Å². The van der Waals surface area contributed by atoms with E-state index in [0.717, 1.165) is 0 Å². The molecule has 1 aromatic carbocycles. The molecule has 0 saturated carbocycles. The largest absolute Gasteiger partial charge is 0.344 e. The van der Waals surface area contributed by atoms with E-state index in [1.165, 1.54) is 0 Å². The van der Waals surface area contributed by atoms with E-state index in [1.54, 1.807) is 5.32 Å². The van der Waals surface area contributed by atoms with E-state index in [-0.39, 0.29) is 6.21 Å². The number of carbonyl (C=O) groups excluding carboxylic acids is 2. The summed E-state index contributed by atoms with van der Waals surface area (Å²) >= 11 is 0. The number of hydrogen-bond donors (Lipinski definition) is 1. The van der Waals surface area contributed by atoms with Gasteiger partial charge in [0, 0.05) is 0 Å². The average molecular weight is 293 g/mol. The first kappa shape index (κ1) is 13.9. The number of urea groups is 1. The van der Waals surface area contributed by atoms with Crippen LogP contribution in [0.2, 0.25) is 0 Å². The Labute approximate surface area is 107 Å². The summed E-state index contributed by atoms with van der Waals surface area (Å²) in [7, 11) is 0. The van der Waals surface area contributed by atoms with E-state index < -0.39 is 53.1 Å². The van der Waals surface area contributed by atoms with E-state index in [2.05, 4.69) is 5.10 Å². The lowest BCUT2D eigenvalue weighted by Gasteiger charge is -2.06. The summed E-state index contributed by atoms with van der Waals surface area (Å²) in [5, 5.41) is 5.47. The van der Waals surface area contributed by atoms with Crippen molar-refractivity contribution in [2.45, 2.75) is 0 Å². The van der Waals surface area contributed by atoms with Gasteiger partial charge in [-0.15, -0.1) is 0 Å². The first-order valence-electron chi connectivity index (χ1n) is 4.99. The van der Waals surface area contributed by atoms with Crippen molar-refractivity contribution >= 4 is 18.2 Å². The van der Waals surface area contributed by atoms with Gasteiger partial charge in [-0.2, -0.15) is 5.10 Å². The summed E-state index contributed by atoms with van der Waals surface area (Å²) in [6.07, 6.45) is 0.272. The van der Waals surface area contributed by atoms with Crippen molar-refractivity contribution in [1.29, 1.82) is 0 Å². The molecule has 0 radical (unpaired) electrons. The second-order valence-electron chi connectivity index (χ2n) is 3.64. The van der Waals surface area contributed by atoms with Crippen LogP contribution < -0.4 is 5.32 Å². The maximum Gasteiger partial charge on any atom is 0.344 e. The first-order valence-corrected chi connectivity index (χ1v) is 4.99. The molecular formula is C10H4F5N3O2. The number of halogens is 5. The van der Waals surface area contributed by atoms with Gasteiger partial charge in [0.2, 0.25) is 11.7 Å². The van der Waals surface area contributed by atoms with Crippen LogP contribution in [0, 0.1) is 29.1 Å². The van der Waals surface area contributed by atoms with Crippen molar-refractivity contribution in [3.8, 4) is 0 Å². The minimum atomic E-state index is -2.30. The minimum absolute atomic E-state index is 0.272. The summed E-state index contributed by atoms with van der Waals surface area (Å²) in [5.41, 5.74) is -1.31. The van der Waals surface area contributed by atoms with Crippen molar-refractivity contribution in [2.75, 3.05) is 6.54 Å². The average Bonchev–Trinajstić information content (AvgIpc) is 2.72. The number of hydrogen-bond acceptors (Lipinski definition) is 3. The third kappa shape index (κ3) is 2.19. The summed E-state index contributed by atoms with van der Waals surface area (Å²) in [5.74, 6) is -11.5. The van der Waals surface area contributed by atoms with Crippen molar-refractivity contribution in [2.24, 2.45) is 5.10 Å². The fraction of sp³-hybridized carbons (Fsp3) is 0.100. The Balaban J connectivity index is 2.40. The molecule has 1 aliphatic rings. The normalized spacial score (nSPS) is 15.3. The molecule has 1 N–H and O–H groups in total. The van der Waals surface area contributed by atoms with Gasteiger partial charge < -0.3 is 0 Å². The highest BCUT2D eigenvalue weighted by atomic mass is 19.2. The molecule has 1 fully saturated rings. The smallest absolute Gasteiger partial charge is 0.275 e. The van der Waals surface area contributed by atoms with Crippen LogP contribution in [0.15, 0.2) is 5.10 Å². The maximum absolute atomic E-state index is 13.3. The standard InChI is InChI=1S/C10H4F5N3O2/c11-5-3(6(12)8(14)9(15)7(5)13)1-16-18-2-4(19)17-10(18)20/h1H,2H2,(H,17,19,20)/b16-1+. The number of amides is 3. The molecule has 3 amide bonds. The molecule has 0 bridgehead atoms. The van der Waals surface area contributed by atoms with Gasteiger partial charge in [0.15, 0.2) is 23.3 Å². The van der Waals surface area contributed by atoms with Crippen LogP contribution in [0.5, 0.6) is 0 Å². The molecule has 10 heteroatoms. The lowest BCUT2D eigenvalue weighted by molar-refractivity contribution is -0.118. The zero-order chi connectivity index (χ0) is 15.0. The maximum atomic E-state index is 13.3. The number of imide groups is 1. The van der Waals surface area contributed by atoms with Crippen LogP contribution in [-0.2, 0) is 4.79 Å². The number of nitrogens with one attached hydrogen (secondary N) is 1. The number of nitrogens with zero attached hydrogens (tertiary/aromatic N) is 2. The fourth-order valence-electron chi connectivity index (χ4n) is 1.39. The van der Waals surface area contributed by atoms with E-state index in [9.17, 15) is 31.5 Å². The van der Waals surface area contributed by atoms with Gasteiger partial charge in [-0.1, -0.05) is 0 Å². The Morgan fingerprint density at radius 1 is 0.950 bits per heavy atom. The zero-order valence-corrected chi connectivity index (χ0v) is 9.39. The molecule has 0 atom stereocenters. The minimum Gasteiger partial charge on any atom is -0.275 e. The monoisotopic (exact) mass is 293 g/mol. The van der Waals surface area contributed by atoms with E-state index in [0.29, 0.717) is 5.01 Å². The quantitative estimate of drug-likeness (QED) is 0.293. The summed E-state index contributed by atoms with van der Waals surface area (Å²) in [6.45, 7) is -0.523. The summed E-state index contributed by atoms with van der Waals surface area (Å²) < 4.78 is 65.0. The second kappa shape index (κ2) is 4.87. The summed E-state index contributed by atoms with van der Waals surface area (Å²) in [4.78, 5) is 21.8. The predicted molar refractivity (Wildman–Crippen MR) is 54.1 cm³/mol. The fourth-order valence-corrected chi connectivity index (χ4v) is 1.39. The molecule has 1 aromatic rings. The molecule has 0 aromatic heterocycles. The molecule has 1 heterocycles. The third-order valence-electron chi connectivity index (χ3n) is 2.34. The van der Waals surface area contributed by atoms with Gasteiger partial charge in [0.25, 0.3) is 0 Å². The first-order chi connectivity index (χ1) is 9.32. The van der Waals surface area contributed by atoms with Crippen molar-refractivity contribution in [3.05, 3.63) is 34.6 Å². The van der Waals surface area contributed by atoms with Gasteiger partial charge >= 0.3 is 6.03 Å². The van der Waals surface area contributed by atoms with Crippen molar-refractivity contribution < 1.29 is 31.5 Å². The zero-order valence-electron chi connectivity index (χ0n) is 9.39. The van der Waals surface area contributed by atoms with Gasteiger partial charge in [0.05, 0.1) is 11.8 Å². The molecule has 2 rings (SSSR count).